The number of carbonyl (C=O) groups excluding carboxylic acids is 1. The van der Waals surface area contributed by atoms with E-state index in [-0.39, 0.29) is 23.6 Å². The Morgan fingerprint density at radius 1 is 1.19 bits per heavy atom. The number of hydroxylamine groups is 1. The molecule has 3 N–H and O–H groups in total. The molecule has 10 heteroatoms. The van der Waals surface area contributed by atoms with E-state index in [1.54, 1.807) is 5.48 Å². The lowest BCUT2D eigenvalue weighted by molar-refractivity contribution is -0.0923. The van der Waals surface area contributed by atoms with Crippen molar-refractivity contribution in [1.82, 2.24) is 25.3 Å². The number of fused-ring (bicyclic) bond motifs is 1. The second-order valence-electron chi connectivity index (χ2n) is 8.30. The van der Waals surface area contributed by atoms with Crippen LogP contribution in [0.4, 0.5) is 5.95 Å². The van der Waals surface area contributed by atoms with Crippen LogP contribution in [0.5, 0.6) is 0 Å². The van der Waals surface area contributed by atoms with E-state index in [0.717, 1.165) is 39.0 Å². The predicted octanol–water partition coefficient (Wildman–Crippen LogP) is 2.37. The van der Waals surface area contributed by atoms with Gasteiger partial charge in [0.25, 0.3) is 5.91 Å². The Balaban J connectivity index is 0.00000245. The van der Waals surface area contributed by atoms with Gasteiger partial charge in [-0.1, -0.05) is 12.1 Å². The highest BCUT2D eigenvalue weighted by atomic mass is 35.5. The van der Waals surface area contributed by atoms with Gasteiger partial charge in [-0.2, -0.15) is 0 Å². The SMILES string of the molecule is Cl.O=C(NO)c1cnc(N2CCOC3(CCN(Cc4cccc5[nH]ccc45)CC3)C2)nc1. The lowest BCUT2D eigenvalue weighted by Gasteiger charge is -2.47. The minimum Gasteiger partial charge on any atom is -0.371 e. The van der Waals surface area contributed by atoms with Gasteiger partial charge < -0.3 is 14.6 Å². The predicted molar refractivity (Wildman–Crippen MR) is 122 cm³/mol. The highest BCUT2D eigenvalue weighted by Crippen LogP contribution is 2.32. The number of carbonyl (C=O) groups is 1. The van der Waals surface area contributed by atoms with Crippen LogP contribution in [0.2, 0.25) is 0 Å². The van der Waals surface area contributed by atoms with E-state index in [9.17, 15) is 4.79 Å². The molecule has 5 rings (SSSR count). The van der Waals surface area contributed by atoms with Crippen LogP contribution in [0.1, 0.15) is 28.8 Å². The van der Waals surface area contributed by atoms with E-state index in [2.05, 4.69) is 49.0 Å². The van der Waals surface area contributed by atoms with E-state index in [1.165, 1.54) is 28.9 Å². The molecule has 170 valence electrons. The molecule has 2 fully saturated rings. The molecule has 2 aliphatic rings. The minimum atomic E-state index is -0.618. The number of piperidine rings is 1. The Morgan fingerprint density at radius 2 is 1.97 bits per heavy atom. The Hall–Kier alpha value is -2.72. The van der Waals surface area contributed by atoms with E-state index in [0.29, 0.717) is 19.1 Å². The number of aromatic amines is 1. The average molecular weight is 459 g/mol. The average Bonchev–Trinajstić information content (AvgIpc) is 3.30. The number of benzene rings is 1. The molecular formula is C22H27ClN6O3. The van der Waals surface area contributed by atoms with E-state index < -0.39 is 5.91 Å². The maximum Gasteiger partial charge on any atom is 0.277 e. The van der Waals surface area contributed by atoms with Crippen LogP contribution in [0.15, 0.2) is 42.9 Å². The Bertz CT molecular complexity index is 1060. The third-order valence-corrected chi connectivity index (χ3v) is 6.38. The molecule has 4 heterocycles. The van der Waals surface area contributed by atoms with Gasteiger partial charge in [0.2, 0.25) is 5.95 Å². The van der Waals surface area contributed by atoms with Crippen molar-refractivity contribution < 1.29 is 14.7 Å². The van der Waals surface area contributed by atoms with Crippen LogP contribution >= 0.6 is 12.4 Å². The molecule has 0 bridgehead atoms. The van der Waals surface area contributed by atoms with Gasteiger partial charge in [-0.3, -0.25) is 14.9 Å². The molecule has 3 aromatic rings. The monoisotopic (exact) mass is 458 g/mol. The molecule has 0 radical (unpaired) electrons. The normalized spacial score (nSPS) is 18.5. The maximum absolute atomic E-state index is 11.5. The maximum atomic E-state index is 11.5. The number of rotatable bonds is 4. The van der Waals surface area contributed by atoms with Crippen LogP contribution in [-0.4, -0.2) is 69.4 Å². The summed E-state index contributed by atoms with van der Waals surface area (Å²) in [5, 5.41) is 10.0. The number of ether oxygens (including phenoxy) is 1. The number of hydrogen-bond acceptors (Lipinski definition) is 7. The summed E-state index contributed by atoms with van der Waals surface area (Å²) in [6.45, 7) is 4.97. The summed E-state index contributed by atoms with van der Waals surface area (Å²) in [5.74, 6) is -0.0357. The van der Waals surface area contributed by atoms with E-state index >= 15 is 0 Å². The van der Waals surface area contributed by atoms with Gasteiger partial charge in [-0.05, 0) is 30.5 Å². The van der Waals surface area contributed by atoms with Gasteiger partial charge in [0.05, 0.1) is 24.3 Å². The first-order chi connectivity index (χ1) is 15.2. The summed E-state index contributed by atoms with van der Waals surface area (Å²) < 4.78 is 6.27. The zero-order chi connectivity index (χ0) is 21.3. The number of nitrogens with zero attached hydrogens (tertiary/aromatic N) is 4. The molecule has 1 spiro atoms. The van der Waals surface area contributed by atoms with Gasteiger partial charge in [-0.15, -0.1) is 12.4 Å². The molecule has 0 unspecified atom stereocenters. The molecular weight excluding hydrogens is 432 g/mol. The van der Waals surface area contributed by atoms with Crippen molar-refractivity contribution in [2.75, 3.05) is 37.7 Å². The van der Waals surface area contributed by atoms with Crippen molar-refractivity contribution in [1.29, 1.82) is 0 Å². The molecule has 0 aliphatic carbocycles. The first-order valence-corrected chi connectivity index (χ1v) is 10.6. The highest BCUT2D eigenvalue weighted by Gasteiger charge is 2.40. The van der Waals surface area contributed by atoms with Crippen molar-refractivity contribution in [2.45, 2.75) is 25.0 Å². The first-order valence-electron chi connectivity index (χ1n) is 10.6. The standard InChI is InChI=1S/C22H26N6O3.ClH/c29-20(26-30)17-12-24-21(25-13-17)28-10-11-31-22(15-28)5-8-27(9-6-22)14-16-2-1-3-19-18(16)4-7-23-19;/h1-4,7,12-13,23,30H,5-6,8-11,14-15H2,(H,26,29);1H. The van der Waals surface area contributed by atoms with Crippen molar-refractivity contribution in [3.63, 3.8) is 0 Å². The van der Waals surface area contributed by atoms with Gasteiger partial charge in [0.1, 0.15) is 0 Å². The molecule has 9 nitrogen and oxygen atoms in total. The topological polar surface area (TPSA) is 107 Å². The van der Waals surface area contributed by atoms with Crippen LogP contribution < -0.4 is 10.4 Å². The van der Waals surface area contributed by atoms with Crippen molar-refractivity contribution in [3.05, 3.63) is 54.0 Å². The van der Waals surface area contributed by atoms with Crippen LogP contribution in [0.3, 0.4) is 0 Å². The smallest absolute Gasteiger partial charge is 0.277 e. The second kappa shape index (κ2) is 9.41. The zero-order valence-corrected chi connectivity index (χ0v) is 18.5. The summed E-state index contributed by atoms with van der Waals surface area (Å²) >= 11 is 0. The molecule has 2 aliphatic heterocycles. The summed E-state index contributed by atoms with van der Waals surface area (Å²) in [6.07, 6.45) is 6.77. The number of amides is 1. The minimum absolute atomic E-state index is 0. The van der Waals surface area contributed by atoms with Gasteiger partial charge >= 0.3 is 0 Å². The van der Waals surface area contributed by atoms with Crippen LogP contribution in [0.25, 0.3) is 10.9 Å². The van der Waals surface area contributed by atoms with Crippen molar-refractivity contribution in [2.24, 2.45) is 0 Å². The van der Waals surface area contributed by atoms with Gasteiger partial charge in [-0.25, -0.2) is 15.4 Å². The van der Waals surface area contributed by atoms with Crippen LogP contribution in [0, 0.1) is 0 Å². The summed E-state index contributed by atoms with van der Waals surface area (Å²) in [5.41, 5.74) is 4.15. The number of H-pyrrole nitrogens is 1. The number of likely N-dealkylation sites (tertiary alicyclic amines) is 1. The number of hydrogen-bond donors (Lipinski definition) is 3. The van der Waals surface area contributed by atoms with Crippen molar-refractivity contribution in [3.8, 4) is 0 Å². The Kier molecular flexibility index (Phi) is 6.61. The summed E-state index contributed by atoms with van der Waals surface area (Å²) in [6, 6.07) is 8.57. The third-order valence-electron chi connectivity index (χ3n) is 6.38. The second-order valence-corrected chi connectivity index (χ2v) is 8.30. The molecule has 32 heavy (non-hydrogen) atoms. The lowest BCUT2D eigenvalue weighted by atomic mass is 9.89. The fourth-order valence-corrected chi connectivity index (χ4v) is 4.63. The molecule has 1 aromatic carbocycles. The molecule has 0 saturated carbocycles. The zero-order valence-electron chi connectivity index (χ0n) is 17.7. The Morgan fingerprint density at radius 3 is 2.72 bits per heavy atom. The fourth-order valence-electron chi connectivity index (χ4n) is 4.63. The van der Waals surface area contributed by atoms with Gasteiger partial charge in [0, 0.05) is 55.7 Å². The number of morpholine rings is 1. The number of aromatic nitrogens is 3. The number of halogens is 1. The third kappa shape index (κ3) is 4.42. The molecule has 0 atom stereocenters. The first kappa shape index (κ1) is 22.5. The largest absolute Gasteiger partial charge is 0.371 e. The molecule has 2 saturated heterocycles. The summed E-state index contributed by atoms with van der Waals surface area (Å²) in [4.78, 5) is 28.0. The molecule has 2 aromatic heterocycles. The van der Waals surface area contributed by atoms with Crippen LogP contribution in [-0.2, 0) is 11.3 Å². The summed E-state index contributed by atoms with van der Waals surface area (Å²) in [7, 11) is 0. The van der Waals surface area contributed by atoms with Crippen molar-refractivity contribution >= 4 is 35.2 Å². The highest BCUT2D eigenvalue weighted by molar-refractivity contribution is 5.92. The van der Waals surface area contributed by atoms with Gasteiger partial charge in [0.15, 0.2) is 0 Å². The number of anilines is 1. The van der Waals surface area contributed by atoms with E-state index in [4.69, 9.17) is 9.94 Å². The molecule has 1 amide bonds. The Labute approximate surface area is 192 Å². The number of nitrogens with one attached hydrogen (secondary N) is 2. The van der Waals surface area contributed by atoms with E-state index in [1.807, 2.05) is 6.20 Å². The fraction of sp³-hybridized carbons (Fsp3) is 0.409. The quantitative estimate of drug-likeness (QED) is 0.407. The lowest BCUT2D eigenvalue weighted by Crippen LogP contribution is -2.57.